The molecule has 0 aliphatic heterocycles. The maximum atomic E-state index is 12.7. The molecule has 0 heterocycles. The van der Waals surface area contributed by atoms with Gasteiger partial charge in [-0.25, -0.2) is 0 Å². The number of nitrogens with zero attached hydrogens (tertiary/aromatic N) is 2. The van der Waals surface area contributed by atoms with Gasteiger partial charge in [-0.1, -0.05) is 12.1 Å². The lowest BCUT2D eigenvalue weighted by Crippen LogP contribution is -2.13. The number of carbonyl (C=O) groups excluding carboxylic acids is 1. The molecule has 37 heavy (non-hydrogen) atoms. The smallest absolute Gasteiger partial charge is 0.339 e. The highest BCUT2D eigenvalue weighted by Crippen LogP contribution is 2.32. The molecular weight excluding hydrogens is 502 g/mol. The highest BCUT2D eigenvalue weighted by Gasteiger charge is 2.22. The summed E-state index contributed by atoms with van der Waals surface area (Å²) in [5.74, 6) is -0.198. The molecule has 0 aliphatic rings. The summed E-state index contributed by atoms with van der Waals surface area (Å²) in [6, 6.07) is 16.9. The van der Waals surface area contributed by atoms with E-state index in [-0.39, 0.29) is 23.7 Å². The van der Waals surface area contributed by atoms with Crippen LogP contribution in [0.15, 0.2) is 77.2 Å². The number of rotatable bonds is 10. The van der Waals surface area contributed by atoms with Crippen LogP contribution in [0, 0.1) is 21.4 Å². The SMILES string of the molecule is CCOc1cc(/C=C(\C#N)C(=O)Nc2ccc(OC)cc2)ccc1OS(=O)(=O)c1cccc([N+](=O)[O-])c1. The van der Waals surface area contributed by atoms with Crippen molar-refractivity contribution in [2.45, 2.75) is 11.8 Å². The molecular formula is C25H21N3O8S. The van der Waals surface area contributed by atoms with Crippen LogP contribution < -0.4 is 19.0 Å². The van der Waals surface area contributed by atoms with Crippen molar-refractivity contribution in [3.05, 3.63) is 88.0 Å². The first-order valence-electron chi connectivity index (χ1n) is 10.7. The number of non-ortho nitro benzene ring substituents is 1. The number of anilines is 1. The van der Waals surface area contributed by atoms with E-state index in [1.54, 1.807) is 31.2 Å². The molecule has 0 aromatic heterocycles. The predicted octanol–water partition coefficient (Wildman–Crippen LogP) is 4.32. The van der Waals surface area contributed by atoms with Gasteiger partial charge in [0.25, 0.3) is 11.6 Å². The van der Waals surface area contributed by atoms with Crippen LogP contribution in [0.5, 0.6) is 17.2 Å². The Balaban J connectivity index is 1.87. The third-order valence-electron chi connectivity index (χ3n) is 4.81. The van der Waals surface area contributed by atoms with Crippen molar-refractivity contribution in [2.24, 2.45) is 0 Å². The van der Waals surface area contributed by atoms with Crippen molar-refractivity contribution in [3.8, 4) is 23.3 Å². The van der Waals surface area contributed by atoms with Gasteiger partial charge in [0.2, 0.25) is 0 Å². The Labute approximate surface area is 212 Å². The summed E-state index contributed by atoms with van der Waals surface area (Å²) in [5, 5.41) is 23.1. The fraction of sp³-hybridized carbons (Fsp3) is 0.120. The molecule has 0 radical (unpaired) electrons. The van der Waals surface area contributed by atoms with Crippen molar-refractivity contribution in [1.29, 1.82) is 5.26 Å². The molecule has 0 saturated heterocycles. The molecule has 0 spiro atoms. The minimum Gasteiger partial charge on any atom is -0.497 e. The maximum absolute atomic E-state index is 12.7. The molecule has 190 valence electrons. The van der Waals surface area contributed by atoms with E-state index in [0.717, 1.165) is 12.1 Å². The number of nitriles is 1. The number of hydrogen-bond donors (Lipinski definition) is 1. The second kappa shape index (κ2) is 11.7. The van der Waals surface area contributed by atoms with Crippen molar-refractivity contribution >= 4 is 33.5 Å². The van der Waals surface area contributed by atoms with Crippen molar-refractivity contribution in [3.63, 3.8) is 0 Å². The molecule has 0 atom stereocenters. The van der Waals surface area contributed by atoms with Gasteiger partial charge >= 0.3 is 10.1 Å². The van der Waals surface area contributed by atoms with Crippen LogP contribution in [0.4, 0.5) is 11.4 Å². The summed E-state index contributed by atoms with van der Waals surface area (Å²) in [4.78, 5) is 22.4. The Morgan fingerprint density at radius 1 is 1.11 bits per heavy atom. The highest BCUT2D eigenvalue weighted by atomic mass is 32.2. The zero-order valence-electron chi connectivity index (χ0n) is 19.7. The molecule has 11 nitrogen and oxygen atoms in total. The average Bonchev–Trinajstić information content (AvgIpc) is 2.89. The van der Waals surface area contributed by atoms with Crippen LogP contribution >= 0.6 is 0 Å². The number of nitro benzene ring substituents is 1. The Bertz CT molecular complexity index is 1490. The number of nitrogens with one attached hydrogen (secondary N) is 1. The number of hydrogen-bond acceptors (Lipinski definition) is 9. The first-order chi connectivity index (χ1) is 17.7. The van der Waals surface area contributed by atoms with E-state index >= 15 is 0 Å². The maximum Gasteiger partial charge on any atom is 0.339 e. The van der Waals surface area contributed by atoms with Crippen LogP contribution in [-0.4, -0.2) is 33.0 Å². The molecule has 0 saturated carbocycles. The molecule has 12 heteroatoms. The minimum absolute atomic E-state index is 0.0260. The van der Waals surface area contributed by atoms with Gasteiger partial charge in [-0.2, -0.15) is 13.7 Å². The molecule has 1 amide bonds. The lowest BCUT2D eigenvalue weighted by atomic mass is 10.1. The monoisotopic (exact) mass is 523 g/mol. The first-order valence-corrected chi connectivity index (χ1v) is 12.1. The molecule has 3 aromatic rings. The van der Waals surface area contributed by atoms with E-state index in [4.69, 9.17) is 13.7 Å². The molecule has 0 unspecified atom stereocenters. The Morgan fingerprint density at radius 3 is 2.46 bits per heavy atom. The number of amides is 1. The second-order valence-corrected chi connectivity index (χ2v) is 8.83. The summed E-state index contributed by atoms with van der Waals surface area (Å²) in [6.07, 6.45) is 1.31. The number of benzene rings is 3. The molecule has 3 aromatic carbocycles. The largest absolute Gasteiger partial charge is 0.497 e. The van der Waals surface area contributed by atoms with E-state index in [1.165, 1.54) is 43.5 Å². The highest BCUT2D eigenvalue weighted by molar-refractivity contribution is 7.87. The standard InChI is InChI=1S/C25H21N3O8S/c1-3-35-24-14-17(13-18(16-26)25(29)27-19-8-10-21(34-2)11-9-19)7-12-23(24)36-37(32,33)22-6-4-5-20(15-22)28(30)31/h4-15H,3H2,1-2H3,(H,27,29)/b18-13+. The van der Waals surface area contributed by atoms with Crippen LogP contribution in [0.2, 0.25) is 0 Å². The molecule has 0 fully saturated rings. The minimum atomic E-state index is -4.43. The first kappa shape index (κ1) is 26.7. The number of methoxy groups -OCH3 is 1. The zero-order valence-corrected chi connectivity index (χ0v) is 20.5. The van der Waals surface area contributed by atoms with E-state index in [0.29, 0.717) is 17.0 Å². The third kappa shape index (κ3) is 6.83. The van der Waals surface area contributed by atoms with Crippen molar-refractivity contribution in [2.75, 3.05) is 19.0 Å². The van der Waals surface area contributed by atoms with Gasteiger partial charge in [0.1, 0.15) is 22.3 Å². The number of nitro groups is 1. The van der Waals surface area contributed by atoms with Gasteiger partial charge in [0.15, 0.2) is 11.5 Å². The second-order valence-electron chi connectivity index (χ2n) is 7.28. The van der Waals surface area contributed by atoms with Gasteiger partial charge in [-0.15, -0.1) is 0 Å². The van der Waals surface area contributed by atoms with E-state index in [2.05, 4.69) is 5.32 Å². The predicted molar refractivity (Wildman–Crippen MR) is 134 cm³/mol. The van der Waals surface area contributed by atoms with Crippen LogP contribution in [0.1, 0.15) is 12.5 Å². The average molecular weight is 524 g/mol. The van der Waals surface area contributed by atoms with E-state index in [9.17, 15) is 28.6 Å². The van der Waals surface area contributed by atoms with Gasteiger partial charge < -0.3 is 19.0 Å². The number of carbonyl (C=O) groups is 1. The zero-order chi connectivity index (χ0) is 27.0. The summed E-state index contributed by atoms with van der Waals surface area (Å²) in [6.45, 7) is 1.83. The Kier molecular flexibility index (Phi) is 8.44. The van der Waals surface area contributed by atoms with Crippen LogP contribution in [0.3, 0.4) is 0 Å². The Morgan fingerprint density at radius 2 is 1.84 bits per heavy atom. The van der Waals surface area contributed by atoms with Gasteiger partial charge in [-0.05, 0) is 61.0 Å². The molecule has 3 rings (SSSR count). The molecule has 1 N–H and O–H groups in total. The summed E-state index contributed by atoms with van der Waals surface area (Å²) < 4.78 is 41.2. The lowest BCUT2D eigenvalue weighted by Gasteiger charge is -2.13. The van der Waals surface area contributed by atoms with E-state index in [1.807, 2.05) is 6.07 Å². The summed E-state index contributed by atoms with van der Waals surface area (Å²) in [7, 11) is -2.92. The number of ether oxygens (including phenoxy) is 2. The molecule has 0 aliphatic carbocycles. The van der Waals surface area contributed by atoms with E-state index < -0.39 is 31.5 Å². The fourth-order valence-electron chi connectivity index (χ4n) is 3.06. The summed E-state index contributed by atoms with van der Waals surface area (Å²) in [5.41, 5.74) is 0.199. The normalized spacial score (nSPS) is 11.2. The van der Waals surface area contributed by atoms with Gasteiger partial charge in [-0.3, -0.25) is 14.9 Å². The summed E-state index contributed by atoms with van der Waals surface area (Å²) >= 11 is 0. The van der Waals surface area contributed by atoms with Crippen molar-refractivity contribution < 1.29 is 31.8 Å². The lowest BCUT2D eigenvalue weighted by molar-refractivity contribution is -0.385. The third-order valence-corrected chi connectivity index (χ3v) is 6.04. The molecule has 0 bridgehead atoms. The fourth-order valence-corrected chi connectivity index (χ4v) is 4.04. The topological polar surface area (TPSA) is 158 Å². The van der Waals surface area contributed by atoms with Crippen LogP contribution in [-0.2, 0) is 14.9 Å². The van der Waals surface area contributed by atoms with Gasteiger partial charge in [0.05, 0.1) is 18.6 Å². The van der Waals surface area contributed by atoms with Crippen LogP contribution in [0.25, 0.3) is 6.08 Å². The quantitative estimate of drug-likeness (QED) is 0.134. The van der Waals surface area contributed by atoms with Gasteiger partial charge in [0, 0.05) is 17.8 Å². The Hall–Kier alpha value is -4.89. The van der Waals surface area contributed by atoms with Crippen molar-refractivity contribution in [1.82, 2.24) is 0 Å².